The van der Waals surface area contributed by atoms with Gasteiger partial charge in [-0.25, -0.2) is 4.98 Å². The number of non-ortho nitro benzene ring substituents is 1. The third-order valence-electron chi connectivity index (χ3n) is 3.92. The minimum absolute atomic E-state index is 0.0182. The van der Waals surface area contributed by atoms with Gasteiger partial charge in [0.2, 0.25) is 5.88 Å². The molecule has 0 N–H and O–H groups in total. The summed E-state index contributed by atoms with van der Waals surface area (Å²) in [5.41, 5.74) is 0.0283. The lowest BCUT2D eigenvalue weighted by molar-refractivity contribution is -0.384. The summed E-state index contributed by atoms with van der Waals surface area (Å²) < 4.78 is 43.2. The summed E-state index contributed by atoms with van der Waals surface area (Å²) in [6.07, 6.45) is -3.21. The van der Waals surface area contributed by atoms with E-state index in [1.54, 1.807) is 12.1 Å². The van der Waals surface area contributed by atoms with Crippen LogP contribution in [0, 0.1) is 10.1 Å². The van der Waals surface area contributed by atoms with E-state index in [0.29, 0.717) is 19.5 Å². The van der Waals surface area contributed by atoms with Crippen LogP contribution in [0.1, 0.15) is 12.0 Å². The highest BCUT2D eigenvalue weighted by molar-refractivity contribution is 5.51. The standard InChI is InChI=1S/C16H14F3N3O3/c17-16(18,19)11-1-6-15(20-9-11)25-14-7-8-21(10-14)12-2-4-13(5-3-12)22(23)24/h1-6,9,14H,7-8,10H2. The zero-order chi connectivity index (χ0) is 18.0. The Morgan fingerprint density at radius 2 is 1.92 bits per heavy atom. The average Bonchev–Trinajstić information content (AvgIpc) is 3.03. The van der Waals surface area contributed by atoms with E-state index in [4.69, 9.17) is 4.74 Å². The molecule has 1 aliphatic rings. The first-order chi connectivity index (χ1) is 11.8. The smallest absolute Gasteiger partial charge is 0.417 e. The highest BCUT2D eigenvalue weighted by Gasteiger charge is 2.31. The molecule has 0 radical (unpaired) electrons. The summed E-state index contributed by atoms with van der Waals surface area (Å²) in [4.78, 5) is 15.9. The number of hydrogen-bond acceptors (Lipinski definition) is 5. The van der Waals surface area contributed by atoms with Crippen LogP contribution in [0.25, 0.3) is 0 Å². The zero-order valence-electron chi connectivity index (χ0n) is 12.9. The van der Waals surface area contributed by atoms with E-state index in [1.807, 2.05) is 4.90 Å². The maximum atomic E-state index is 12.5. The highest BCUT2D eigenvalue weighted by atomic mass is 19.4. The van der Waals surface area contributed by atoms with Crippen molar-refractivity contribution in [1.82, 2.24) is 4.98 Å². The van der Waals surface area contributed by atoms with E-state index >= 15 is 0 Å². The zero-order valence-corrected chi connectivity index (χ0v) is 12.9. The average molecular weight is 353 g/mol. The molecular weight excluding hydrogens is 339 g/mol. The van der Waals surface area contributed by atoms with Gasteiger partial charge in [0.25, 0.3) is 5.69 Å². The van der Waals surface area contributed by atoms with Crippen molar-refractivity contribution in [2.75, 3.05) is 18.0 Å². The van der Waals surface area contributed by atoms with Gasteiger partial charge in [-0.15, -0.1) is 0 Å². The molecule has 0 saturated carbocycles. The minimum Gasteiger partial charge on any atom is -0.472 e. The second-order valence-corrected chi connectivity index (χ2v) is 5.63. The van der Waals surface area contributed by atoms with Crippen molar-refractivity contribution in [3.63, 3.8) is 0 Å². The fraction of sp³-hybridized carbons (Fsp3) is 0.312. The second-order valence-electron chi connectivity index (χ2n) is 5.63. The Morgan fingerprint density at radius 3 is 2.48 bits per heavy atom. The Bertz CT molecular complexity index is 748. The third kappa shape index (κ3) is 3.98. The van der Waals surface area contributed by atoms with Crippen molar-refractivity contribution in [3.8, 4) is 5.88 Å². The molecule has 1 fully saturated rings. The van der Waals surface area contributed by atoms with Crippen LogP contribution in [-0.2, 0) is 6.18 Å². The molecule has 1 aromatic heterocycles. The van der Waals surface area contributed by atoms with Gasteiger partial charge in [-0.05, 0) is 18.2 Å². The minimum atomic E-state index is -4.42. The number of aromatic nitrogens is 1. The van der Waals surface area contributed by atoms with Gasteiger partial charge in [-0.1, -0.05) is 0 Å². The first-order valence-corrected chi connectivity index (χ1v) is 7.52. The lowest BCUT2D eigenvalue weighted by atomic mass is 10.2. The van der Waals surface area contributed by atoms with Crippen LogP contribution in [0.4, 0.5) is 24.5 Å². The predicted octanol–water partition coefficient (Wildman–Crippen LogP) is 3.67. The number of benzene rings is 1. The van der Waals surface area contributed by atoms with Gasteiger partial charge in [-0.3, -0.25) is 10.1 Å². The summed E-state index contributed by atoms with van der Waals surface area (Å²) in [7, 11) is 0. The van der Waals surface area contributed by atoms with Crippen LogP contribution in [0.15, 0.2) is 42.6 Å². The van der Waals surface area contributed by atoms with Crippen LogP contribution in [-0.4, -0.2) is 29.1 Å². The van der Waals surface area contributed by atoms with E-state index in [0.717, 1.165) is 18.0 Å². The Balaban J connectivity index is 1.60. The molecule has 1 saturated heterocycles. The number of alkyl halides is 3. The SMILES string of the molecule is O=[N+]([O-])c1ccc(N2CCC(Oc3ccc(C(F)(F)F)cn3)C2)cc1. The van der Waals surface area contributed by atoms with E-state index in [9.17, 15) is 23.3 Å². The summed E-state index contributed by atoms with van der Waals surface area (Å²) in [6, 6.07) is 8.33. The van der Waals surface area contributed by atoms with Gasteiger partial charge in [0.05, 0.1) is 17.0 Å². The lowest BCUT2D eigenvalue weighted by Crippen LogP contribution is -2.24. The van der Waals surface area contributed by atoms with E-state index < -0.39 is 16.7 Å². The van der Waals surface area contributed by atoms with Gasteiger partial charge >= 0.3 is 6.18 Å². The summed E-state index contributed by atoms with van der Waals surface area (Å²) in [6.45, 7) is 1.21. The molecule has 1 unspecified atom stereocenters. The Morgan fingerprint density at radius 1 is 1.20 bits per heavy atom. The van der Waals surface area contributed by atoms with Gasteiger partial charge in [0.15, 0.2) is 0 Å². The van der Waals surface area contributed by atoms with Crippen LogP contribution >= 0.6 is 0 Å². The highest BCUT2D eigenvalue weighted by Crippen LogP contribution is 2.30. The summed E-state index contributed by atoms with van der Waals surface area (Å²) in [5.74, 6) is 0.142. The van der Waals surface area contributed by atoms with Gasteiger partial charge in [-0.2, -0.15) is 13.2 Å². The van der Waals surface area contributed by atoms with Crippen molar-refractivity contribution >= 4 is 11.4 Å². The molecule has 1 atom stereocenters. The second kappa shape index (κ2) is 6.58. The molecule has 3 rings (SSSR count). The largest absolute Gasteiger partial charge is 0.472 e. The van der Waals surface area contributed by atoms with Crippen molar-refractivity contribution in [2.45, 2.75) is 18.7 Å². The molecule has 132 valence electrons. The topological polar surface area (TPSA) is 68.5 Å². The Labute approximate surface area is 141 Å². The van der Waals surface area contributed by atoms with Crippen molar-refractivity contribution < 1.29 is 22.8 Å². The molecule has 0 spiro atoms. The first-order valence-electron chi connectivity index (χ1n) is 7.52. The number of rotatable bonds is 4. The van der Waals surface area contributed by atoms with Crippen LogP contribution in [0.3, 0.4) is 0 Å². The van der Waals surface area contributed by atoms with E-state index in [2.05, 4.69) is 4.98 Å². The molecule has 9 heteroatoms. The molecule has 0 bridgehead atoms. The summed E-state index contributed by atoms with van der Waals surface area (Å²) >= 11 is 0. The van der Waals surface area contributed by atoms with Crippen molar-refractivity contribution in [2.24, 2.45) is 0 Å². The van der Waals surface area contributed by atoms with Crippen LogP contribution in [0.5, 0.6) is 5.88 Å². The molecule has 25 heavy (non-hydrogen) atoms. The number of halogens is 3. The molecule has 2 heterocycles. The van der Waals surface area contributed by atoms with E-state index in [1.165, 1.54) is 18.2 Å². The quantitative estimate of drug-likeness (QED) is 0.620. The lowest BCUT2D eigenvalue weighted by Gasteiger charge is -2.18. The maximum Gasteiger partial charge on any atom is 0.417 e. The Kier molecular flexibility index (Phi) is 4.47. The first kappa shape index (κ1) is 17.0. The molecule has 6 nitrogen and oxygen atoms in total. The number of nitro benzene ring substituents is 1. The monoisotopic (exact) mass is 353 g/mol. The number of nitrogens with zero attached hydrogens (tertiary/aromatic N) is 3. The summed E-state index contributed by atoms with van der Waals surface area (Å²) in [5, 5.41) is 10.7. The van der Waals surface area contributed by atoms with Crippen molar-refractivity contribution in [1.29, 1.82) is 0 Å². The number of ether oxygens (including phenoxy) is 1. The molecular formula is C16H14F3N3O3. The molecule has 0 aliphatic carbocycles. The molecule has 0 amide bonds. The Hall–Kier alpha value is -2.84. The number of hydrogen-bond donors (Lipinski definition) is 0. The fourth-order valence-corrected chi connectivity index (χ4v) is 2.63. The number of nitro groups is 1. The van der Waals surface area contributed by atoms with E-state index in [-0.39, 0.29) is 17.7 Å². The van der Waals surface area contributed by atoms with Gasteiger partial charge in [0, 0.05) is 43.0 Å². The predicted molar refractivity (Wildman–Crippen MR) is 83.6 cm³/mol. The maximum absolute atomic E-state index is 12.5. The van der Waals surface area contributed by atoms with Gasteiger partial charge in [0.1, 0.15) is 6.10 Å². The fourth-order valence-electron chi connectivity index (χ4n) is 2.63. The molecule has 1 aliphatic heterocycles. The molecule has 2 aromatic rings. The van der Waals surface area contributed by atoms with Gasteiger partial charge < -0.3 is 9.64 Å². The van der Waals surface area contributed by atoms with Crippen molar-refractivity contribution in [3.05, 3.63) is 58.3 Å². The third-order valence-corrected chi connectivity index (χ3v) is 3.92. The van der Waals surface area contributed by atoms with Crippen LogP contribution < -0.4 is 9.64 Å². The number of pyridine rings is 1. The normalized spacial score (nSPS) is 17.6. The molecule has 1 aromatic carbocycles. The number of anilines is 1. The van der Waals surface area contributed by atoms with Crippen LogP contribution in [0.2, 0.25) is 0 Å².